The first-order chi connectivity index (χ1) is 10.3. The zero-order valence-corrected chi connectivity index (χ0v) is 11.5. The molecule has 100 valence electrons. The third-order valence-electron chi connectivity index (χ3n) is 3.29. The molecule has 1 aromatic rings. The summed E-state index contributed by atoms with van der Waals surface area (Å²) in [6.45, 7) is 0. The Balaban J connectivity index is 1.59. The molecule has 0 fully saturated rings. The number of aliphatic imine (C=N–C) groups is 1. The van der Waals surface area contributed by atoms with Gasteiger partial charge in [-0.05, 0) is 41.9 Å². The summed E-state index contributed by atoms with van der Waals surface area (Å²) in [4.78, 5) is 8.73. The van der Waals surface area contributed by atoms with Gasteiger partial charge in [-0.25, -0.2) is 4.98 Å². The van der Waals surface area contributed by atoms with Gasteiger partial charge in [0.25, 0.3) is 0 Å². The van der Waals surface area contributed by atoms with Gasteiger partial charge in [0.05, 0.1) is 11.8 Å². The SMILES string of the molecule is N#CC1=CC=C2N=C(CCC#Cc3ccccn3)C=C2C1. The Labute approximate surface area is 124 Å². The van der Waals surface area contributed by atoms with Gasteiger partial charge >= 0.3 is 0 Å². The van der Waals surface area contributed by atoms with E-state index in [1.54, 1.807) is 6.20 Å². The fraction of sp³-hybridized carbons (Fsp3) is 0.167. The second-order valence-electron chi connectivity index (χ2n) is 4.82. The summed E-state index contributed by atoms with van der Waals surface area (Å²) in [5, 5.41) is 8.92. The third-order valence-corrected chi connectivity index (χ3v) is 3.29. The van der Waals surface area contributed by atoms with Gasteiger partial charge in [0, 0.05) is 36.7 Å². The molecule has 3 rings (SSSR count). The normalized spacial score (nSPS) is 15.6. The average molecular weight is 271 g/mol. The van der Waals surface area contributed by atoms with Crippen molar-refractivity contribution < 1.29 is 0 Å². The Bertz CT molecular complexity index is 775. The Hall–Kier alpha value is -2.91. The smallest absolute Gasteiger partial charge is 0.113 e. The maximum Gasteiger partial charge on any atom is 0.113 e. The largest absolute Gasteiger partial charge is 0.253 e. The number of rotatable bonds is 2. The molecule has 0 amide bonds. The summed E-state index contributed by atoms with van der Waals surface area (Å²) >= 11 is 0. The predicted octanol–water partition coefficient (Wildman–Crippen LogP) is 3.33. The number of nitriles is 1. The molecule has 21 heavy (non-hydrogen) atoms. The van der Waals surface area contributed by atoms with Gasteiger partial charge in [0.1, 0.15) is 5.69 Å². The van der Waals surface area contributed by atoms with E-state index in [0.717, 1.165) is 41.1 Å². The van der Waals surface area contributed by atoms with Crippen LogP contribution in [-0.4, -0.2) is 10.7 Å². The highest BCUT2D eigenvalue weighted by Gasteiger charge is 2.17. The predicted molar refractivity (Wildman–Crippen MR) is 82.3 cm³/mol. The fourth-order valence-electron chi connectivity index (χ4n) is 2.25. The van der Waals surface area contributed by atoms with Crippen molar-refractivity contribution in [3.63, 3.8) is 0 Å². The topological polar surface area (TPSA) is 49.0 Å². The minimum atomic E-state index is 0.689. The third kappa shape index (κ3) is 3.16. The number of fused-ring (bicyclic) bond motifs is 1. The van der Waals surface area contributed by atoms with Crippen LogP contribution in [0.3, 0.4) is 0 Å². The molecule has 0 radical (unpaired) electrons. The van der Waals surface area contributed by atoms with E-state index >= 15 is 0 Å². The number of aromatic nitrogens is 1. The van der Waals surface area contributed by atoms with E-state index in [0.29, 0.717) is 6.42 Å². The van der Waals surface area contributed by atoms with Crippen LogP contribution in [0.5, 0.6) is 0 Å². The molecule has 0 spiro atoms. The zero-order valence-electron chi connectivity index (χ0n) is 11.5. The van der Waals surface area contributed by atoms with Gasteiger partial charge in [-0.3, -0.25) is 4.99 Å². The van der Waals surface area contributed by atoms with Crippen molar-refractivity contribution in [2.45, 2.75) is 19.3 Å². The fourth-order valence-corrected chi connectivity index (χ4v) is 2.25. The average Bonchev–Trinajstić information content (AvgIpc) is 2.94. The summed E-state index contributed by atoms with van der Waals surface area (Å²) in [7, 11) is 0. The first-order valence-electron chi connectivity index (χ1n) is 6.84. The Morgan fingerprint density at radius 3 is 3.00 bits per heavy atom. The molecule has 3 nitrogen and oxygen atoms in total. The van der Waals surface area contributed by atoms with Crippen LogP contribution >= 0.6 is 0 Å². The van der Waals surface area contributed by atoms with Crippen LogP contribution in [0.25, 0.3) is 0 Å². The molecule has 0 bridgehead atoms. The van der Waals surface area contributed by atoms with Gasteiger partial charge < -0.3 is 0 Å². The van der Waals surface area contributed by atoms with Crippen molar-refractivity contribution in [1.29, 1.82) is 5.26 Å². The number of hydrogen-bond acceptors (Lipinski definition) is 3. The monoisotopic (exact) mass is 271 g/mol. The minimum Gasteiger partial charge on any atom is -0.253 e. The van der Waals surface area contributed by atoms with Crippen molar-refractivity contribution in [3.8, 4) is 17.9 Å². The second kappa shape index (κ2) is 6.03. The summed E-state index contributed by atoms with van der Waals surface area (Å²) < 4.78 is 0. The molecule has 0 saturated heterocycles. The molecule has 2 aliphatic rings. The lowest BCUT2D eigenvalue weighted by Gasteiger charge is -2.06. The molecule has 0 unspecified atom stereocenters. The van der Waals surface area contributed by atoms with E-state index in [9.17, 15) is 0 Å². The van der Waals surface area contributed by atoms with Crippen molar-refractivity contribution in [3.05, 3.63) is 65.2 Å². The highest BCUT2D eigenvalue weighted by Crippen LogP contribution is 2.29. The molecule has 0 saturated carbocycles. The van der Waals surface area contributed by atoms with Gasteiger partial charge in [0.15, 0.2) is 0 Å². The maximum absolute atomic E-state index is 8.92. The Morgan fingerprint density at radius 1 is 1.24 bits per heavy atom. The number of hydrogen-bond donors (Lipinski definition) is 0. The van der Waals surface area contributed by atoms with E-state index < -0.39 is 0 Å². The number of nitrogens with zero attached hydrogens (tertiary/aromatic N) is 3. The van der Waals surface area contributed by atoms with Gasteiger partial charge in [-0.1, -0.05) is 12.0 Å². The lowest BCUT2D eigenvalue weighted by molar-refractivity contribution is 1.12. The van der Waals surface area contributed by atoms with Crippen LogP contribution in [-0.2, 0) is 0 Å². The van der Waals surface area contributed by atoms with Gasteiger partial charge in [-0.2, -0.15) is 5.26 Å². The van der Waals surface area contributed by atoms with E-state index in [1.165, 1.54) is 0 Å². The molecule has 0 atom stereocenters. The second-order valence-corrected chi connectivity index (χ2v) is 4.82. The lowest BCUT2D eigenvalue weighted by Crippen LogP contribution is -1.91. The lowest BCUT2D eigenvalue weighted by atomic mass is 9.98. The van der Waals surface area contributed by atoms with Gasteiger partial charge in [-0.15, -0.1) is 0 Å². The van der Waals surface area contributed by atoms with E-state index in [-0.39, 0.29) is 0 Å². The molecule has 1 aromatic heterocycles. The molecule has 1 aliphatic heterocycles. The minimum absolute atomic E-state index is 0.689. The summed E-state index contributed by atoms with van der Waals surface area (Å²) in [5.41, 5.74) is 4.75. The van der Waals surface area contributed by atoms with Crippen molar-refractivity contribution >= 4 is 5.71 Å². The summed E-state index contributed by atoms with van der Waals surface area (Å²) in [6.07, 6.45) is 9.86. The van der Waals surface area contributed by atoms with Crippen LogP contribution in [0.15, 0.2) is 64.5 Å². The van der Waals surface area contributed by atoms with Crippen LogP contribution < -0.4 is 0 Å². The first kappa shape index (κ1) is 13.1. The van der Waals surface area contributed by atoms with Crippen LogP contribution in [0.2, 0.25) is 0 Å². The van der Waals surface area contributed by atoms with Crippen LogP contribution in [0, 0.1) is 23.2 Å². The number of pyridine rings is 1. The maximum atomic E-state index is 8.92. The molecular formula is C18H13N3. The highest BCUT2D eigenvalue weighted by atomic mass is 14.8. The molecule has 1 aliphatic carbocycles. The summed E-state index contributed by atoms with van der Waals surface area (Å²) in [5.74, 6) is 6.17. The molecule has 2 heterocycles. The van der Waals surface area contributed by atoms with Crippen molar-refractivity contribution in [2.75, 3.05) is 0 Å². The molecule has 3 heteroatoms. The van der Waals surface area contributed by atoms with E-state index in [2.05, 4.69) is 34.0 Å². The van der Waals surface area contributed by atoms with Crippen molar-refractivity contribution in [2.24, 2.45) is 4.99 Å². The quantitative estimate of drug-likeness (QED) is 0.775. The van der Waals surface area contributed by atoms with E-state index in [4.69, 9.17) is 5.26 Å². The van der Waals surface area contributed by atoms with Gasteiger partial charge in [0.2, 0.25) is 0 Å². The highest BCUT2D eigenvalue weighted by molar-refractivity contribution is 6.00. The molecule has 0 aromatic carbocycles. The standard InChI is InChI=1S/C18H13N3/c19-13-14-8-9-18-15(11-14)12-17(21-18)7-2-1-5-16-6-3-4-10-20-16/h3-4,6,8-10,12H,2,7,11H2. The molecular weight excluding hydrogens is 258 g/mol. The number of allylic oxidation sites excluding steroid dienone is 5. The van der Waals surface area contributed by atoms with E-state index in [1.807, 2.05) is 30.4 Å². The zero-order chi connectivity index (χ0) is 14.5. The van der Waals surface area contributed by atoms with Crippen LogP contribution in [0.1, 0.15) is 25.0 Å². The Morgan fingerprint density at radius 2 is 2.19 bits per heavy atom. The molecule has 0 N–H and O–H groups in total. The summed E-state index contributed by atoms with van der Waals surface area (Å²) in [6, 6.07) is 7.91. The first-order valence-corrected chi connectivity index (χ1v) is 6.84. The van der Waals surface area contributed by atoms with Crippen molar-refractivity contribution in [1.82, 2.24) is 4.98 Å². The Kier molecular flexibility index (Phi) is 3.76. The van der Waals surface area contributed by atoms with Crippen LogP contribution in [0.4, 0.5) is 0 Å².